The number of nitrogens with one attached hydrogen (secondary N) is 1. The van der Waals surface area contributed by atoms with Crippen molar-refractivity contribution in [2.24, 2.45) is 5.84 Å². The van der Waals surface area contributed by atoms with E-state index in [1.165, 1.54) is 24.3 Å². The van der Waals surface area contributed by atoms with Gasteiger partial charge in [0.05, 0.1) is 15.4 Å². The van der Waals surface area contributed by atoms with Crippen molar-refractivity contribution in [3.63, 3.8) is 0 Å². The number of hydrazine groups is 1. The third kappa shape index (κ3) is 2.49. The number of nitrogen functional groups attached to an aromatic ring is 1. The van der Waals surface area contributed by atoms with Crippen LogP contribution >= 0.6 is 0 Å². The Labute approximate surface area is 111 Å². The number of amides is 1. The molecule has 0 saturated heterocycles. The number of hydrogen-bond donors (Lipinski definition) is 2. The Balaban J connectivity index is 2.63. The number of rotatable bonds is 3. The zero-order chi connectivity index (χ0) is 13.9. The summed E-state index contributed by atoms with van der Waals surface area (Å²) in [7, 11) is -3.74. The van der Waals surface area contributed by atoms with Crippen LogP contribution in [0.3, 0.4) is 0 Å². The van der Waals surface area contributed by atoms with Crippen molar-refractivity contribution in [2.75, 3.05) is 0 Å². The van der Waals surface area contributed by atoms with Crippen molar-refractivity contribution < 1.29 is 13.2 Å². The molecule has 0 aromatic heterocycles. The van der Waals surface area contributed by atoms with Crippen LogP contribution < -0.4 is 11.3 Å². The summed E-state index contributed by atoms with van der Waals surface area (Å²) in [4.78, 5) is 11.7. The zero-order valence-electron chi connectivity index (χ0n) is 9.91. The van der Waals surface area contributed by atoms with Gasteiger partial charge >= 0.3 is 0 Å². The molecule has 0 heterocycles. The van der Waals surface area contributed by atoms with Gasteiger partial charge in [-0.2, -0.15) is 0 Å². The molecule has 0 spiro atoms. The number of hydrogen-bond acceptors (Lipinski definition) is 4. The number of carbonyl (C=O) groups excluding carboxylic acids is 1. The van der Waals surface area contributed by atoms with E-state index in [2.05, 4.69) is 0 Å². The lowest BCUT2D eigenvalue weighted by molar-refractivity contribution is 0.0950. The van der Waals surface area contributed by atoms with Crippen molar-refractivity contribution in [3.8, 4) is 0 Å². The van der Waals surface area contributed by atoms with Crippen LogP contribution in [0.25, 0.3) is 0 Å². The Kier molecular flexibility index (Phi) is 3.64. The Hall–Kier alpha value is -2.18. The first-order valence-electron chi connectivity index (χ1n) is 5.47. The van der Waals surface area contributed by atoms with Crippen LogP contribution in [-0.2, 0) is 9.84 Å². The van der Waals surface area contributed by atoms with Crippen LogP contribution in [0.5, 0.6) is 0 Å². The minimum absolute atomic E-state index is 0.0221. The van der Waals surface area contributed by atoms with E-state index in [1.54, 1.807) is 30.3 Å². The molecule has 98 valence electrons. The van der Waals surface area contributed by atoms with Gasteiger partial charge in [0.2, 0.25) is 9.84 Å². The minimum Gasteiger partial charge on any atom is -0.290 e. The highest BCUT2D eigenvalue weighted by Gasteiger charge is 2.23. The van der Waals surface area contributed by atoms with Crippen LogP contribution in [0.2, 0.25) is 0 Å². The Bertz CT molecular complexity index is 697. The highest BCUT2D eigenvalue weighted by Crippen LogP contribution is 2.23. The summed E-state index contributed by atoms with van der Waals surface area (Å²) in [5.41, 5.74) is 1.96. The summed E-state index contributed by atoms with van der Waals surface area (Å²) < 4.78 is 24.9. The molecule has 0 fully saturated rings. The fourth-order valence-electron chi connectivity index (χ4n) is 1.69. The van der Waals surface area contributed by atoms with Crippen molar-refractivity contribution >= 4 is 15.7 Å². The predicted octanol–water partition coefficient (Wildman–Crippen LogP) is 1.12. The van der Waals surface area contributed by atoms with E-state index in [0.717, 1.165) is 0 Å². The second-order valence-corrected chi connectivity index (χ2v) is 5.70. The Morgan fingerprint density at radius 3 is 2.16 bits per heavy atom. The van der Waals surface area contributed by atoms with Gasteiger partial charge < -0.3 is 0 Å². The first-order chi connectivity index (χ1) is 9.07. The summed E-state index contributed by atoms with van der Waals surface area (Å²) in [6, 6.07) is 13.9. The summed E-state index contributed by atoms with van der Waals surface area (Å²) in [6.45, 7) is 0. The molecule has 19 heavy (non-hydrogen) atoms. The second kappa shape index (κ2) is 5.21. The van der Waals surface area contributed by atoms with E-state index < -0.39 is 15.7 Å². The fraction of sp³-hybridized carbons (Fsp3) is 0. The van der Waals surface area contributed by atoms with Crippen LogP contribution in [-0.4, -0.2) is 14.3 Å². The van der Waals surface area contributed by atoms with Crippen molar-refractivity contribution in [1.29, 1.82) is 0 Å². The highest BCUT2D eigenvalue weighted by atomic mass is 32.2. The molecule has 0 radical (unpaired) electrons. The third-order valence-corrected chi connectivity index (χ3v) is 4.43. The van der Waals surface area contributed by atoms with E-state index in [1.807, 2.05) is 5.43 Å². The van der Waals surface area contributed by atoms with E-state index >= 15 is 0 Å². The molecule has 2 rings (SSSR count). The molecule has 0 aliphatic rings. The second-order valence-electron chi connectivity index (χ2n) is 3.79. The monoisotopic (exact) mass is 276 g/mol. The summed E-state index contributed by atoms with van der Waals surface area (Å²) in [5, 5.41) is 0. The van der Waals surface area contributed by atoms with Crippen molar-refractivity contribution in [3.05, 3.63) is 60.2 Å². The van der Waals surface area contributed by atoms with Gasteiger partial charge in [0.25, 0.3) is 5.91 Å². The normalized spacial score (nSPS) is 11.0. The van der Waals surface area contributed by atoms with Crippen molar-refractivity contribution in [2.45, 2.75) is 9.79 Å². The first-order valence-corrected chi connectivity index (χ1v) is 6.96. The molecule has 0 unspecified atom stereocenters. The van der Waals surface area contributed by atoms with Gasteiger partial charge in [-0.05, 0) is 24.3 Å². The minimum atomic E-state index is -3.74. The molecule has 1 amide bonds. The average molecular weight is 276 g/mol. The summed E-state index contributed by atoms with van der Waals surface area (Å²) in [5.74, 6) is 4.42. The fourth-order valence-corrected chi connectivity index (χ4v) is 3.17. The maximum absolute atomic E-state index is 12.5. The van der Waals surface area contributed by atoms with Gasteiger partial charge in [0.1, 0.15) is 0 Å². The molecule has 5 nitrogen and oxygen atoms in total. The van der Waals surface area contributed by atoms with Gasteiger partial charge in [-0.1, -0.05) is 30.3 Å². The van der Waals surface area contributed by atoms with Gasteiger partial charge in [-0.25, -0.2) is 14.3 Å². The average Bonchev–Trinajstić information content (AvgIpc) is 2.47. The van der Waals surface area contributed by atoms with Crippen LogP contribution in [0.1, 0.15) is 10.4 Å². The Morgan fingerprint density at radius 1 is 0.947 bits per heavy atom. The SMILES string of the molecule is NNC(=O)c1ccccc1S(=O)(=O)c1ccccc1. The molecule has 0 aliphatic carbocycles. The molecule has 2 aromatic carbocycles. The quantitative estimate of drug-likeness (QED) is 0.499. The summed E-state index contributed by atoms with van der Waals surface area (Å²) >= 11 is 0. The third-order valence-electron chi connectivity index (χ3n) is 2.61. The van der Waals surface area contributed by atoms with E-state index in [4.69, 9.17) is 5.84 Å². The lowest BCUT2D eigenvalue weighted by Crippen LogP contribution is -2.31. The maximum Gasteiger partial charge on any atom is 0.266 e. The molecule has 0 aliphatic heterocycles. The lowest BCUT2D eigenvalue weighted by atomic mass is 10.2. The molecule has 6 heteroatoms. The number of benzene rings is 2. The molecular formula is C13H12N2O3S. The lowest BCUT2D eigenvalue weighted by Gasteiger charge is -2.09. The van der Waals surface area contributed by atoms with Crippen molar-refractivity contribution in [1.82, 2.24) is 5.43 Å². The highest BCUT2D eigenvalue weighted by molar-refractivity contribution is 7.91. The number of nitrogens with two attached hydrogens (primary N) is 1. The molecule has 3 N–H and O–H groups in total. The smallest absolute Gasteiger partial charge is 0.266 e. The van der Waals surface area contributed by atoms with E-state index in [9.17, 15) is 13.2 Å². The van der Waals surface area contributed by atoms with Crippen LogP contribution in [0.4, 0.5) is 0 Å². The van der Waals surface area contributed by atoms with E-state index in [-0.39, 0.29) is 15.4 Å². The van der Waals surface area contributed by atoms with Gasteiger partial charge in [-0.15, -0.1) is 0 Å². The zero-order valence-corrected chi connectivity index (χ0v) is 10.7. The number of sulfone groups is 1. The molecule has 0 atom stereocenters. The largest absolute Gasteiger partial charge is 0.290 e. The molecule has 0 bridgehead atoms. The molecular weight excluding hydrogens is 264 g/mol. The summed E-state index contributed by atoms with van der Waals surface area (Å²) in [6.07, 6.45) is 0. The standard InChI is InChI=1S/C13H12N2O3S/c14-15-13(16)11-8-4-5-9-12(11)19(17,18)10-6-2-1-3-7-10/h1-9H,14H2,(H,15,16). The van der Waals surface area contributed by atoms with Crippen LogP contribution in [0, 0.1) is 0 Å². The topological polar surface area (TPSA) is 89.3 Å². The molecule has 0 saturated carbocycles. The van der Waals surface area contributed by atoms with Gasteiger partial charge in [0.15, 0.2) is 0 Å². The van der Waals surface area contributed by atoms with Crippen LogP contribution in [0.15, 0.2) is 64.4 Å². The molecule has 2 aromatic rings. The first kappa shape index (κ1) is 13.3. The maximum atomic E-state index is 12.5. The van der Waals surface area contributed by atoms with E-state index in [0.29, 0.717) is 0 Å². The number of carbonyl (C=O) groups is 1. The van der Waals surface area contributed by atoms with Gasteiger partial charge in [0, 0.05) is 0 Å². The van der Waals surface area contributed by atoms with Gasteiger partial charge in [-0.3, -0.25) is 10.2 Å². The predicted molar refractivity (Wildman–Crippen MR) is 70.0 cm³/mol. The Morgan fingerprint density at radius 2 is 1.53 bits per heavy atom.